The Morgan fingerprint density at radius 1 is 0.897 bits per heavy atom. The van der Waals surface area contributed by atoms with E-state index < -0.39 is 0 Å². The molecule has 0 unspecified atom stereocenters. The molecule has 39 heavy (non-hydrogen) atoms. The highest BCUT2D eigenvalue weighted by Gasteiger charge is 2.31. The number of carbonyl (C=O) groups excluding carboxylic acids is 1. The van der Waals surface area contributed by atoms with Crippen molar-refractivity contribution in [3.63, 3.8) is 0 Å². The summed E-state index contributed by atoms with van der Waals surface area (Å²) in [5.74, 6) is 3.31. The summed E-state index contributed by atoms with van der Waals surface area (Å²) >= 11 is 0. The van der Waals surface area contributed by atoms with Crippen LogP contribution in [0.15, 0.2) is 24.3 Å². The van der Waals surface area contributed by atoms with E-state index in [9.17, 15) is 4.79 Å². The number of piperazine rings is 1. The lowest BCUT2D eigenvalue weighted by Crippen LogP contribution is -2.49. The molecule has 0 spiro atoms. The minimum atomic E-state index is 0.110. The summed E-state index contributed by atoms with van der Waals surface area (Å²) in [7, 11) is 2.13. The summed E-state index contributed by atoms with van der Waals surface area (Å²) in [5, 5.41) is 4.47. The van der Waals surface area contributed by atoms with Gasteiger partial charge in [-0.1, -0.05) is 12.1 Å². The molecule has 3 fully saturated rings. The normalized spacial score (nSPS) is 24.5. The van der Waals surface area contributed by atoms with E-state index in [1.807, 2.05) is 20.8 Å². The molecule has 1 aliphatic carbocycles. The zero-order valence-corrected chi connectivity index (χ0v) is 23.8. The topological polar surface area (TPSA) is 79.1 Å². The van der Waals surface area contributed by atoms with Crippen molar-refractivity contribution >= 4 is 17.4 Å². The van der Waals surface area contributed by atoms with E-state index in [0.717, 1.165) is 88.5 Å². The molecule has 2 aromatic heterocycles. The fourth-order valence-electron chi connectivity index (χ4n) is 6.57. The van der Waals surface area contributed by atoms with Crippen LogP contribution in [0.5, 0.6) is 5.75 Å². The van der Waals surface area contributed by atoms with Crippen molar-refractivity contribution in [3.05, 3.63) is 47.0 Å². The number of fused-ring (bicyclic) bond motifs is 1. The third-order valence-electron chi connectivity index (χ3n) is 8.99. The number of aryl methyl sites for hydroxylation is 3. The Labute approximate surface area is 231 Å². The molecule has 2 aliphatic heterocycles. The largest absolute Gasteiger partial charge is 0.485 e. The summed E-state index contributed by atoms with van der Waals surface area (Å²) in [6.45, 7) is 11.5. The highest BCUT2D eigenvalue weighted by molar-refractivity contribution is 5.79. The van der Waals surface area contributed by atoms with E-state index in [-0.39, 0.29) is 12.0 Å². The lowest BCUT2D eigenvalue weighted by Gasteiger charge is -2.36. The van der Waals surface area contributed by atoms with Crippen LogP contribution in [0.2, 0.25) is 0 Å². The molecule has 3 aromatic rings. The number of nitrogens with zero attached hydrogens (tertiary/aromatic N) is 7. The Morgan fingerprint density at radius 2 is 1.62 bits per heavy atom. The maximum Gasteiger partial charge on any atom is 0.253 e. The zero-order chi connectivity index (χ0) is 27.1. The first-order valence-corrected chi connectivity index (χ1v) is 14.5. The van der Waals surface area contributed by atoms with Crippen LogP contribution < -0.4 is 9.64 Å². The fraction of sp³-hybridized carbons (Fsp3) is 0.600. The second-order valence-electron chi connectivity index (χ2n) is 11.7. The molecule has 1 aromatic carbocycles. The van der Waals surface area contributed by atoms with Crippen LogP contribution in [0, 0.1) is 26.7 Å². The lowest BCUT2D eigenvalue weighted by atomic mass is 9.78. The summed E-state index contributed by atoms with van der Waals surface area (Å²) in [6.07, 6.45) is 5.31. The standard InChI is InChI=1S/C30H41N7O2/c1-20-28(21(2)37-30(31-20)32-22(3)33-37)39-27-13-14-36(19-27)26-11-9-24(10-12-26)23-5-7-25(8-6-23)29(38)35-17-15-34(4)16-18-35/h9-12,23,25,27H,5-8,13-19H2,1-4H3/t23?,25?,27-/m1/s1. The zero-order valence-electron chi connectivity index (χ0n) is 23.8. The predicted octanol–water partition coefficient (Wildman–Crippen LogP) is 3.76. The number of aromatic nitrogens is 4. The number of carbonyl (C=O) groups is 1. The van der Waals surface area contributed by atoms with Crippen LogP contribution in [0.3, 0.4) is 0 Å². The molecule has 0 N–H and O–H groups in total. The Bertz CT molecular complexity index is 1320. The van der Waals surface area contributed by atoms with Gasteiger partial charge in [0, 0.05) is 50.7 Å². The average molecular weight is 532 g/mol. The van der Waals surface area contributed by atoms with Gasteiger partial charge in [-0.25, -0.2) is 4.98 Å². The number of hydrogen-bond donors (Lipinski definition) is 0. The van der Waals surface area contributed by atoms with Crippen molar-refractivity contribution in [2.75, 3.05) is 51.2 Å². The van der Waals surface area contributed by atoms with E-state index in [2.05, 4.69) is 61.1 Å². The SMILES string of the molecule is Cc1nc2nc(C)c(O[C@@H]3CCN(c4ccc(C5CCC(C(=O)N6CCN(C)CC6)CC5)cc4)C3)c(C)n2n1. The highest BCUT2D eigenvalue weighted by atomic mass is 16.5. The third kappa shape index (κ3) is 5.33. The molecular formula is C30H41N7O2. The lowest BCUT2D eigenvalue weighted by molar-refractivity contribution is -0.138. The van der Waals surface area contributed by atoms with Crippen LogP contribution >= 0.6 is 0 Å². The molecule has 6 rings (SSSR count). The third-order valence-corrected chi connectivity index (χ3v) is 8.99. The molecule has 3 aliphatic rings. The van der Waals surface area contributed by atoms with Gasteiger partial charge in [0.05, 0.1) is 17.9 Å². The number of likely N-dealkylation sites (N-methyl/N-ethyl adjacent to an activating group) is 1. The number of rotatable bonds is 5. The molecule has 208 valence electrons. The van der Waals surface area contributed by atoms with Crippen LogP contribution in [-0.4, -0.2) is 87.7 Å². The molecule has 0 radical (unpaired) electrons. The summed E-state index contributed by atoms with van der Waals surface area (Å²) < 4.78 is 8.25. The molecular weight excluding hydrogens is 490 g/mol. The summed E-state index contributed by atoms with van der Waals surface area (Å²) in [4.78, 5) is 28.8. The van der Waals surface area contributed by atoms with E-state index >= 15 is 0 Å². The van der Waals surface area contributed by atoms with Gasteiger partial charge in [0.15, 0.2) is 5.75 Å². The van der Waals surface area contributed by atoms with Gasteiger partial charge in [-0.15, -0.1) is 5.10 Å². The van der Waals surface area contributed by atoms with Gasteiger partial charge in [0.2, 0.25) is 5.91 Å². The Hall–Kier alpha value is -3.20. The Balaban J connectivity index is 1.03. The molecule has 9 nitrogen and oxygen atoms in total. The Morgan fingerprint density at radius 3 is 2.33 bits per heavy atom. The maximum absolute atomic E-state index is 13.0. The van der Waals surface area contributed by atoms with E-state index in [1.54, 1.807) is 4.52 Å². The highest BCUT2D eigenvalue weighted by Crippen LogP contribution is 2.37. The fourth-order valence-corrected chi connectivity index (χ4v) is 6.57. The molecule has 4 heterocycles. The van der Waals surface area contributed by atoms with Gasteiger partial charge in [-0.2, -0.15) is 9.50 Å². The van der Waals surface area contributed by atoms with Gasteiger partial charge in [-0.05, 0) is 77.1 Å². The van der Waals surface area contributed by atoms with E-state index in [4.69, 9.17) is 4.74 Å². The Kier molecular flexibility index (Phi) is 7.18. The maximum atomic E-state index is 13.0. The van der Waals surface area contributed by atoms with Gasteiger partial charge in [-0.3, -0.25) is 4.79 Å². The first-order chi connectivity index (χ1) is 18.9. The number of anilines is 1. The first-order valence-electron chi connectivity index (χ1n) is 14.5. The average Bonchev–Trinajstić information content (AvgIpc) is 3.57. The van der Waals surface area contributed by atoms with Crippen molar-refractivity contribution in [2.24, 2.45) is 5.92 Å². The van der Waals surface area contributed by atoms with Crippen molar-refractivity contribution in [1.82, 2.24) is 29.4 Å². The predicted molar refractivity (Wildman–Crippen MR) is 151 cm³/mol. The monoisotopic (exact) mass is 531 g/mol. The van der Waals surface area contributed by atoms with Gasteiger partial charge in [0.1, 0.15) is 11.9 Å². The number of hydrogen-bond acceptors (Lipinski definition) is 7. The number of benzene rings is 1. The minimum absolute atomic E-state index is 0.110. The van der Waals surface area contributed by atoms with Crippen LogP contribution in [0.1, 0.15) is 60.8 Å². The second-order valence-corrected chi connectivity index (χ2v) is 11.7. The smallest absolute Gasteiger partial charge is 0.253 e. The van der Waals surface area contributed by atoms with Crippen molar-refractivity contribution in [2.45, 2.75) is 64.9 Å². The van der Waals surface area contributed by atoms with Gasteiger partial charge >= 0.3 is 0 Å². The van der Waals surface area contributed by atoms with Gasteiger partial charge < -0.3 is 19.4 Å². The first kappa shape index (κ1) is 26.0. The molecule has 2 saturated heterocycles. The quantitative estimate of drug-likeness (QED) is 0.496. The minimum Gasteiger partial charge on any atom is -0.485 e. The van der Waals surface area contributed by atoms with Crippen molar-refractivity contribution in [1.29, 1.82) is 0 Å². The van der Waals surface area contributed by atoms with Gasteiger partial charge in [0.25, 0.3) is 5.78 Å². The van der Waals surface area contributed by atoms with Crippen molar-refractivity contribution < 1.29 is 9.53 Å². The summed E-state index contributed by atoms with van der Waals surface area (Å²) in [6, 6.07) is 9.13. The molecule has 1 saturated carbocycles. The van der Waals surface area contributed by atoms with Crippen molar-refractivity contribution in [3.8, 4) is 5.75 Å². The molecule has 9 heteroatoms. The van der Waals surface area contributed by atoms with Crippen LogP contribution in [-0.2, 0) is 4.79 Å². The number of ether oxygens (including phenoxy) is 1. The van der Waals surface area contributed by atoms with E-state index in [1.165, 1.54) is 11.3 Å². The molecule has 1 atom stereocenters. The van der Waals surface area contributed by atoms with E-state index in [0.29, 0.717) is 23.4 Å². The second kappa shape index (κ2) is 10.8. The number of amides is 1. The van der Waals surface area contributed by atoms with Crippen LogP contribution in [0.4, 0.5) is 5.69 Å². The van der Waals surface area contributed by atoms with Crippen LogP contribution in [0.25, 0.3) is 5.78 Å². The summed E-state index contributed by atoms with van der Waals surface area (Å²) in [5.41, 5.74) is 4.46. The molecule has 0 bridgehead atoms. The molecule has 1 amide bonds.